The van der Waals surface area contributed by atoms with E-state index in [4.69, 9.17) is 14.2 Å². The zero-order chi connectivity index (χ0) is 21.5. The van der Waals surface area contributed by atoms with Crippen LogP contribution in [0.2, 0.25) is 0 Å². The van der Waals surface area contributed by atoms with Gasteiger partial charge < -0.3 is 19.5 Å². The molecule has 1 aromatic carbocycles. The number of esters is 1. The molecule has 1 aromatic rings. The zero-order valence-corrected chi connectivity index (χ0v) is 19.2. The van der Waals surface area contributed by atoms with E-state index in [1.165, 1.54) is 7.11 Å². The molecule has 0 unspecified atom stereocenters. The lowest BCUT2D eigenvalue weighted by atomic mass is 9.68. The molecule has 2 aliphatic rings. The van der Waals surface area contributed by atoms with Crippen molar-refractivity contribution in [1.29, 1.82) is 0 Å². The van der Waals surface area contributed by atoms with Crippen molar-refractivity contribution in [2.45, 2.75) is 39.5 Å². The number of halogens is 1. The number of methoxy groups -OCH3 is 3. The monoisotopic (exact) mass is 463 g/mol. The van der Waals surface area contributed by atoms with Crippen molar-refractivity contribution in [3.63, 3.8) is 0 Å². The van der Waals surface area contributed by atoms with Crippen molar-refractivity contribution in [3.8, 4) is 11.5 Å². The summed E-state index contributed by atoms with van der Waals surface area (Å²) in [5, 5.41) is 3.30. The maximum atomic E-state index is 13.3. The number of carbonyl (C=O) groups excluding carboxylic acids is 2. The number of ketones is 1. The molecule has 1 N–H and O–H groups in total. The number of ether oxygens (including phenoxy) is 3. The highest BCUT2D eigenvalue weighted by molar-refractivity contribution is 9.10. The van der Waals surface area contributed by atoms with Gasteiger partial charge in [0.1, 0.15) is 0 Å². The highest BCUT2D eigenvalue weighted by atomic mass is 79.9. The van der Waals surface area contributed by atoms with E-state index in [1.54, 1.807) is 20.3 Å². The number of benzene rings is 1. The molecule has 29 heavy (non-hydrogen) atoms. The van der Waals surface area contributed by atoms with E-state index in [-0.39, 0.29) is 11.2 Å². The van der Waals surface area contributed by atoms with Crippen molar-refractivity contribution in [2.24, 2.45) is 5.41 Å². The summed E-state index contributed by atoms with van der Waals surface area (Å²) >= 11 is 3.51. The third-order valence-corrected chi connectivity index (χ3v) is 5.89. The minimum absolute atomic E-state index is 0.0173. The Morgan fingerprint density at radius 2 is 1.86 bits per heavy atom. The van der Waals surface area contributed by atoms with Gasteiger partial charge in [-0.3, -0.25) is 4.79 Å². The van der Waals surface area contributed by atoms with E-state index in [9.17, 15) is 9.59 Å². The van der Waals surface area contributed by atoms with Gasteiger partial charge in [-0.2, -0.15) is 0 Å². The molecule has 0 saturated heterocycles. The number of rotatable bonds is 4. The zero-order valence-electron chi connectivity index (χ0n) is 17.6. The van der Waals surface area contributed by atoms with Crippen molar-refractivity contribution in [1.82, 2.24) is 5.32 Å². The van der Waals surface area contributed by atoms with Crippen LogP contribution < -0.4 is 14.8 Å². The predicted molar refractivity (Wildman–Crippen MR) is 113 cm³/mol. The van der Waals surface area contributed by atoms with Crippen LogP contribution in [-0.2, 0) is 14.3 Å². The maximum Gasteiger partial charge on any atom is 0.336 e. The Hall–Kier alpha value is -2.28. The van der Waals surface area contributed by atoms with Gasteiger partial charge in [0.25, 0.3) is 0 Å². The van der Waals surface area contributed by atoms with Gasteiger partial charge in [-0.1, -0.05) is 29.8 Å². The van der Waals surface area contributed by atoms with Crippen LogP contribution in [-0.4, -0.2) is 33.1 Å². The SMILES string of the molecule is COC(=O)C1=C(C)NC2=C(C(=O)CC(C)(C)C2)[C@H]1c1cc(Br)cc(OC)c1OC. The van der Waals surface area contributed by atoms with Gasteiger partial charge in [0.05, 0.1) is 32.8 Å². The van der Waals surface area contributed by atoms with Gasteiger partial charge in [0.2, 0.25) is 0 Å². The Labute approximate surface area is 179 Å². The van der Waals surface area contributed by atoms with Gasteiger partial charge >= 0.3 is 5.97 Å². The molecule has 0 radical (unpaired) electrons. The first-order valence-electron chi connectivity index (χ1n) is 9.37. The summed E-state index contributed by atoms with van der Waals surface area (Å²) < 4.78 is 17.0. The van der Waals surface area contributed by atoms with Gasteiger partial charge in [0, 0.05) is 33.4 Å². The fourth-order valence-electron chi connectivity index (χ4n) is 4.30. The first-order valence-corrected chi connectivity index (χ1v) is 10.2. The summed E-state index contributed by atoms with van der Waals surface area (Å²) in [6.07, 6.45) is 1.12. The summed E-state index contributed by atoms with van der Waals surface area (Å²) in [5.41, 5.74) is 3.04. The van der Waals surface area contributed by atoms with Gasteiger partial charge in [0.15, 0.2) is 17.3 Å². The number of hydrogen-bond donors (Lipinski definition) is 1. The summed E-state index contributed by atoms with van der Waals surface area (Å²) in [6.45, 7) is 5.97. The molecule has 156 valence electrons. The normalized spacial score (nSPS) is 20.8. The average molecular weight is 464 g/mol. The Bertz CT molecular complexity index is 945. The van der Waals surface area contributed by atoms with Gasteiger partial charge in [-0.15, -0.1) is 0 Å². The van der Waals surface area contributed by atoms with Gasteiger partial charge in [-0.25, -0.2) is 4.79 Å². The van der Waals surface area contributed by atoms with Crippen molar-refractivity contribution < 1.29 is 23.8 Å². The standard InChI is InChI=1S/C22H26BrNO5/c1-11-17(21(26)29-6)18(13-7-12(23)8-16(27-4)20(13)28-5)19-14(24-11)9-22(2,3)10-15(19)25/h7-8,18,24H,9-10H2,1-6H3/t18-/m0/s1. The van der Waals surface area contributed by atoms with Crippen LogP contribution in [0.4, 0.5) is 0 Å². The van der Waals surface area contributed by atoms with E-state index in [1.807, 2.05) is 13.0 Å². The summed E-state index contributed by atoms with van der Waals surface area (Å²) in [5.74, 6) is -0.0678. The molecule has 3 rings (SSSR count). The molecular formula is C22H26BrNO5. The number of allylic oxidation sites excluding steroid dienone is 3. The molecule has 0 spiro atoms. The molecule has 0 saturated carbocycles. The average Bonchev–Trinajstić information content (AvgIpc) is 2.64. The quantitative estimate of drug-likeness (QED) is 0.672. The van der Waals surface area contributed by atoms with E-state index in [0.29, 0.717) is 46.7 Å². The molecular weight excluding hydrogens is 438 g/mol. The topological polar surface area (TPSA) is 73.9 Å². The van der Waals surface area contributed by atoms with E-state index < -0.39 is 11.9 Å². The smallest absolute Gasteiger partial charge is 0.336 e. The first-order chi connectivity index (χ1) is 13.6. The number of nitrogens with one attached hydrogen (secondary N) is 1. The summed E-state index contributed by atoms with van der Waals surface area (Å²) in [7, 11) is 4.44. The summed E-state index contributed by atoms with van der Waals surface area (Å²) in [4.78, 5) is 26.0. The van der Waals surface area contributed by atoms with E-state index in [0.717, 1.165) is 10.2 Å². The van der Waals surface area contributed by atoms with Crippen LogP contribution >= 0.6 is 15.9 Å². The number of carbonyl (C=O) groups is 2. The fraction of sp³-hybridized carbons (Fsp3) is 0.455. The lowest BCUT2D eigenvalue weighted by molar-refractivity contribution is -0.136. The molecule has 7 heteroatoms. The van der Waals surface area contributed by atoms with Crippen LogP contribution in [0.5, 0.6) is 11.5 Å². The molecule has 0 aromatic heterocycles. The Morgan fingerprint density at radius 1 is 1.17 bits per heavy atom. The third-order valence-electron chi connectivity index (χ3n) is 5.43. The number of dihydropyridines is 1. The minimum atomic E-state index is -0.608. The van der Waals surface area contributed by atoms with Crippen LogP contribution in [0, 0.1) is 5.41 Å². The lowest BCUT2D eigenvalue weighted by Gasteiger charge is -2.39. The molecule has 0 bridgehead atoms. The Morgan fingerprint density at radius 3 is 2.45 bits per heavy atom. The third kappa shape index (κ3) is 3.80. The second-order valence-corrected chi connectivity index (χ2v) is 9.07. The molecule has 1 atom stereocenters. The first kappa shape index (κ1) is 21.4. The van der Waals surface area contributed by atoms with E-state index in [2.05, 4.69) is 35.1 Å². The molecule has 6 nitrogen and oxygen atoms in total. The number of Topliss-reactive ketones (excluding diaryl/α,β-unsaturated/α-hetero) is 1. The van der Waals surface area contributed by atoms with Crippen LogP contribution in [0.25, 0.3) is 0 Å². The molecule has 1 heterocycles. The van der Waals surface area contributed by atoms with Crippen LogP contribution in [0.3, 0.4) is 0 Å². The fourth-order valence-corrected chi connectivity index (χ4v) is 4.76. The highest BCUT2D eigenvalue weighted by Gasteiger charge is 2.44. The Kier molecular flexibility index (Phi) is 5.81. The highest BCUT2D eigenvalue weighted by Crippen LogP contribution is 2.50. The molecule has 0 amide bonds. The molecule has 1 aliphatic carbocycles. The predicted octanol–water partition coefficient (Wildman–Crippen LogP) is 4.24. The lowest BCUT2D eigenvalue weighted by Crippen LogP contribution is -2.38. The van der Waals surface area contributed by atoms with Crippen molar-refractivity contribution in [3.05, 3.63) is 44.7 Å². The maximum absolute atomic E-state index is 13.3. The molecule has 0 fully saturated rings. The Balaban J connectivity index is 2.33. The van der Waals surface area contributed by atoms with Crippen molar-refractivity contribution >= 4 is 27.7 Å². The second kappa shape index (κ2) is 7.86. The van der Waals surface area contributed by atoms with Gasteiger partial charge in [-0.05, 0) is 30.9 Å². The molecule has 1 aliphatic heterocycles. The minimum Gasteiger partial charge on any atom is -0.493 e. The van der Waals surface area contributed by atoms with Crippen LogP contribution in [0.1, 0.15) is 45.1 Å². The van der Waals surface area contributed by atoms with Crippen molar-refractivity contribution in [2.75, 3.05) is 21.3 Å². The number of hydrogen-bond acceptors (Lipinski definition) is 6. The largest absolute Gasteiger partial charge is 0.493 e. The van der Waals surface area contributed by atoms with E-state index >= 15 is 0 Å². The van der Waals surface area contributed by atoms with Crippen LogP contribution in [0.15, 0.2) is 39.1 Å². The second-order valence-electron chi connectivity index (χ2n) is 8.15. The summed E-state index contributed by atoms with van der Waals surface area (Å²) in [6, 6.07) is 3.66.